The molecule has 0 spiro atoms. The molecule has 4 rings (SSSR count). The highest BCUT2D eigenvalue weighted by Gasteiger charge is 2.23. The second-order valence-electron chi connectivity index (χ2n) is 6.50. The summed E-state index contributed by atoms with van der Waals surface area (Å²) in [6, 6.07) is 14.4. The Morgan fingerprint density at radius 3 is 2.70 bits per heavy atom. The van der Waals surface area contributed by atoms with Gasteiger partial charge in [-0.15, -0.1) is 0 Å². The molecule has 0 unspecified atom stereocenters. The molecule has 1 N–H and O–H groups in total. The predicted molar refractivity (Wildman–Crippen MR) is 110 cm³/mol. The van der Waals surface area contributed by atoms with Gasteiger partial charge in [0.15, 0.2) is 11.5 Å². The Hall–Kier alpha value is -3.11. The van der Waals surface area contributed by atoms with Crippen molar-refractivity contribution in [1.29, 1.82) is 0 Å². The largest absolute Gasteiger partial charge is 0.487 e. The maximum Gasteiger partial charge on any atom is 0.263 e. The van der Waals surface area contributed by atoms with Gasteiger partial charge < -0.3 is 19.5 Å². The number of hydrogen-bond donors (Lipinski definition) is 1. The molecule has 30 heavy (non-hydrogen) atoms. The van der Waals surface area contributed by atoms with Gasteiger partial charge in [-0.25, -0.2) is 13.4 Å². The SMILES string of the molecule is CS(=O)(=O)c1nc(COc2ccccc2)c(C(=O)NCc2ccc3c(c2)OCO3)s1. The third-order valence-electron chi connectivity index (χ3n) is 4.21. The van der Waals surface area contributed by atoms with Crippen LogP contribution in [-0.4, -0.2) is 32.4 Å². The van der Waals surface area contributed by atoms with Gasteiger partial charge in [-0.2, -0.15) is 0 Å². The summed E-state index contributed by atoms with van der Waals surface area (Å²) in [4.78, 5) is 17.1. The molecule has 8 nitrogen and oxygen atoms in total. The minimum atomic E-state index is -3.55. The van der Waals surface area contributed by atoms with E-state index in [0.717, 1.165) is 23.2 Å². The lowest BCUT2D eigenvalue weighted by atomic mass is 10.2. The average Bonchev–Trinajstić information content (AvgIpc) is 3.37. The monoisotopic (exact) mass is 446 g/mol. The maximum atomic E-state index is 12.8. The zero-order valence-electron chi connectivity index (χ0n) is 16.0. The van der Waals surface area contributed by atoms with Crippen molar-refractivity contribution in [1.82, 2.24) is 10.3 Å². The van der Waals surface area contributed by atoms with Crippen LogP contribution in [-0.2, 0) is 23.0 Å². The van der Waals surface area contributed by atoms with Crippen molar-refractivity contribution in [2.45, 2.75) is 17.5 Å². The van der Waals surface area contributed by atoms with Gasteiger partial charge in [0.25, 0.3) is 5.91 Å². The minimum absolute atomic E-state index is 0.0250. The lowest BCUT2D eigenvalue weighted by molar-refractivity contribution is 0.0952. The first-order valence-corrected chi connectivity index (χ1v) is 11.7. The van der Waals surface area contributed by atoms with Gasteiger partial charge >= 0.3 is 0 Å². The fourth-order valence-corrected chi connectivity index (χ4v) is 4.59. The number of rotatable bonds is 7. The Morgan fingerprint density at radius 2 is 1.93 bits per heavy atom. The molecule has 0 bridgehead atoms. The number of aromatic nitrogens is 1. The number of nitrogens with one attached hydrogen (secondary N) is 1. The van der Waals surface area contributed by atoms with Gasteiger partial charge in [0.2, 0.25) is 21.0 Å². The van der Waals surface area contributed by atoms with Gasteiger partial charge in [-0.1, -0.05) is 35.6 Å². The first-order valence-electron chi connectivity index (χ1n) is 8.94. The number of amides is 1. The molecule has 0 aliphatic carbocycles. The van der Waals surface area contributed by atoms with Crippen LogP contribution in [0.1, 0.15) is 20.9 Å². The summed E-state index contributed by atoms with van der Waals surface area (Å²) < 4.78 is 40.0. The van der Waals surface area contributed by atoms with Crippen LogP contribution in [0, 0.1) is 0 Å². The highest BCUT2D eigenvalue weighted by atomic mass is 32.2. The van der Waals surface area contributed by atoms with Crippen LogP contribution < -0.4 is 19.5 Å². The molecule has 10 heteroatoms. The molecule has 0 saturated carbocycles. The van der Waals surface area contributed by atoms with Gasteiger partial charge in [-0.05, 0) is 29.8 Å². The summed E-state index contributed by atoms with van der Waals surface area (Å²) in [6.45, 7) is 0.383. The van der Waals surface area contributed by atoms with E-state index >= 15 is 0 Å². The molecule has 1 aromatic heterocycles. The number of para-hydroxylation sites is 1. The van der Waals surface area contributed by atoms with Crippen LogP contribution in [0.25, 0.3) is 0 Å². The lowest BCUT2D eigenvalue weighted by Crippen LogP contribution is -2.23. The van der Waals surface area contributed by atoms with E-state index in [-0.39, 0.29) is 34.9 Å². The van der Waals surface area contributed by atoms with E-state index in [9.17, 15) is 13.2 Å². The molecule has 1 aliphatic rings. The van der Waals surface area contributed by atoms with E-state index in [4.69, 9.17) is 14.2 Å². The Labute approximate surface area is 177 Å². The van der Waals surface area contributed by atoms with Crippen molar-refractivity contribution >= 4 is 27.1 Å². The van der Waals surface area contributed by atoms with Gasteiger partial charge in [0.1, 0.15) is 22.9 Å². The van der Waals surface area contributed by atoms with E-state index in [1.54, 1.807) is 24.3 Å². The van der Waals surface area contributed by atoms with Crippen molar-refractivity contribution in [2.75, 3.05) is 13.0 Å². The number of hydrogen-bond acceptors (Lipinski definition) is 8. The molecule has 3 aromatic rings. The number of nitrogens with zero attached hydrogens (tertiary/aromatic N) is 1. The fourth-order valence-electron chi connectivity index (χ4n) is 2.75. The topological polar surface area (TPSA) is 104 Å². The highest BCUT2D eigenvalue weighted by Crippen LogP contribution is 2.32. The predicted octanol–water partition coefficient (Wildman–Crippen LogP) is 2.78. The highest BCUT2D eigenvalue weighted by molar-refractivity contribution is 7.92. The molecule has 2 aromatic carbocycles. The second kappa shape index (κ2) is 8.33. The van der Waals surface area contributed by atoms with Gasteiger partial charge in [-0.3, -0.25) is 4.79 Å². The van der Waals surface area contributed by atoms with Crippen LogP contribution in [0.15, 0.2) is 52.9 Å². The number of carbonyl (C=O) groups is 1. The van der Waals surface area contributed by atoms with E-state index in [1.807, 2.05) is 24.3 Å². The first kappa shape index (κ1) is 20.2. The first-order chi connectivity index (χ1) is 14.4. The van der Waals surface area contributed by atoms with Crippen molar-refractivity contribution in [3.63, 3.8) is 0 Å². The number of fused-ring (bicyclic) bond motifs is 1. The number of ether oxygens (including phenoxy) is 3. The van der Waals surface area contributed by atoms with Gasteiger partial charge in [0, 0.05) is 12.8 Å². The van der Waals surface area contributed by atoms with E-state index in [0.29, 0.717) is 17.2 Å². The zero-order valence-corrected chi connectivity index (χ0v) is 17.6. The van der Waals surface area contributed by atoms with Crippen LogP contribution in [0.3, 0.4) is 0 Å². The second-order valence-corrected chi connectivity index (χ2v) is 9.69. The summed E-state index contributed by atoms with van der Waals surface area (Å²) in [5.74, 6) is 1.45. The lowest BCUT2D eigenvalue weighted by Gasteiger charge is -2.07. The molecule has 0 atom stereocenters. The zero-order chi connectivity index (χ0) is 21.1. The van der Waals surface area contributed by atoms with Crippen LogP contribution >= 0.6 is 11.3 Å². The summed E-state index contributed by atoms with van der Waals surface area (Å²) >= 11 is 0.829. The van der Waals surface area contributed by atoms with Crippen molar-refractivity contribution in [2.24, 2.45) is 0 Å². The van der Waals surface area contributed by atoms with E-state index in [2.05, 4.69) is 10.3 Å². The van der Waals surface area contributed by atoms with Gasteiger partial charge in [0.05, 0.1) is 0 Å². The molecule has 156 valence electrons. The molecule has 2 heterocycles. The van der Waals surface area contributed by atoms with Crippen molar-refractivity contribution < 1.29 is 27.4 Å². The Morgan fingerprint density at radius 1 is 1.17 bits per heavy atom. The summed E-state index contributed by atoms with van der Waals surface area (Å²) in [5.41, 5.74) is 1.09. The molecular formula is C20H18N2O6S2. The molecule has 0 radical (unpaired) electrons. The van der Waals surface area contributed by atoms with E-state index in [1.165, 1.54) is 0 Å². The standard InChI is InChI=1S/C20H18N2O6S2/c1-30(24,25)20-22-15(11-26-14-5-3-2-4-6-14)18(29-20)19(23)21-10-13-7-8-16-17(9-13)28-12-27-16/h2-9H,10-12H2,1H3,(H,21,23). The maximum absolute atomic E-state index is 12.8. The van der Waals surface area contributed by atoms with Crippen molar-refractivity contribution in [3.05, 3.63) is 64.7 Å². The fraction of sp³-hybridized carbons (Fsp3) is 0.200. The number of benzene rings is 2. The molecule has 1 amide bonds. The Bertz CT molecular complexity index is 1180. The molecular weight excluding hydrogens is 428 g/mol. The number of carbonyl (C=O) groups excluding carboxylic acids is 1. The third-order valence-corrected chi connectivity index (χ3v) is 6.98. The Balaban J connectivity index is 1.50. The molecule has 1 aliphatic heterocycles. The number of thiazole rings is 1. The summed E-state index contributed by atoms with van der Waals surface area (Å²) in [7, 11) is -3.55. The molecule has 0 saturated heterocycles. The Kier molecular flexibility index (Phi) is 5.60. The smallest absolute Gasteiger partial charge is 0.263 e. The van der Waals surface area contributed by atoms with E-state index < -0.39 is 15.7 Å². The van der Waals surface area contributed by atoms with Crippen LogP contribution in [0.2, 0.25) is 0 Å². The average molecular weight is 447 g/mol. The van der Waals surface area contributed by atoms with Crippen LogP contribution in [0.4, 0.5) is 0 Å². The summed E-state index contributed by atoms with van der Waals surface area (Å²) in [6.07, 6.45) is 1.06. The third kappa shape index (κ3) is 4.55. The van der Waals surface area contributed by atoms with Crippen LogP contribution in [0.5, 0.6) is 17.2 Å². The minimum Gasteiger partial charge on any atom is -0.487 e. The molecule has 0 fully saturated rings. The summed E-state index contributed by atoms with van der Waals surface area (Å²) in [5, 5.41) is 2.79. The quantitative estimate of drug-likeness (QED) is 0.595. The van der Waals surface area contributed by atoms with Crippen molar-refractivity contribution in [3.8, 4) is 17.2 Å². The normalized spacial score (nSPS) is 12.6. The number of sulfone groups is 1.